The van der Waals surface area contributed by atoms with Crippen molar-refractivity contribution in [1.82, 2.24) is 4.90 Å². The summed E-state index contributed by atoms with van der Waals surface area (Å²) in [6.45, 7) is 1.07. The number of phenols is 2. The SMILES string of the molecule is CN1CC[C@]23CCCC=C2[C@H]1Cc1ccc(O)c(O)c13. The molecule has 1 aromatic rings. The lowest BCUT2D eigenvalue weighted by atomic mass is 9.56. The van der Waals surface area contributed by atoms with Gasteiger partial charge in [0.1, 0.15) is 0 Å². The summed E-state index contributed by atoms with van der Waals surface area (Å²) in [6.07, 6.45) is 7.83. The number of phenolic OH excluding ortho intramolecular Hbond substituents is 2. The first-order chi connectivity index (χ1) is 9.63. The summed E-state index contributed by atoms with van der Waals surface area (Å²) in [5.74, 6) is 0.152. The molecule has 20 heavy (non-hydrogen) atoms. The second kappa shape index (κ2) is 4.01. The molecule has 2 aliphatic carbocycles. The minimum absolute atomic E-state index is 0.0220. The second-order valence-electron chi connectivity index (χ2n) is 6.55. The normalized spacial score (nSPS) is 32.2. The molecule has 2 atom stereocenters. The standard InChI is InChI=1S/C17H21NO2/c1-18-9-8-17-7-3-2-4-12(17)13(18)10-11-5-6-14(19)16(20)15(11)17/h4-6,13,19-20H,2-3,7-10H2,1H3/t13-,17-/m1/s1. The minimum Gasteiger partial charge on any atom is -0.504 e. The van der Waals surface area contributed by atoms with Crippen LogP contribution in [0.5, 0.6) is 11.5 Å². The molecule has 4 rings (SSSR count). The Bertz CT molecular complexity index is 607. The number of rotatable bonds is 0. The van der Waals surface area contributed by atoms with Crippen LogP contribution < -0.4 is 0 Å². The molecule has 1 aliphatic heterocycles. The number of fused-ring (bicyclic) bond motifs is 1. The number of likely N-dealkylation sites (tertiary alicyclic amines) is 1. The fraction of sp³-hybridized carbons (Fsp3) is 0.529. The molecular formula is C17H21NO2. The van der Waals surface area contributed by atoms with E-state index >= 15 is 0 Å². The van der Waals surface area contributed by atoms with E-state index in [9.17, 15) is 10.2 Å². The quantitative estimate of drug-likeness (QED) is 0.563. The molecule has 0 aromatic heterocycles. The largest absolute Gasteiger partial charge is 0.504 e. The Labute approximate surface area is 119 Å². The van der Waals surface area contributed by atoms with Gasteiger partial charge in [-0.2, -0.15) is 0 Å². The van der Waals surface area contributed by atoms with E-state index in [1.54, 1.807) is 6.07 Å². The third-order valence-electron chi connectivity index (χ3n) is 5.64. The van der Waals surface area contributed by atoms with Crippen LogP contribution in [0.3, 0.4) is 0 Å². The van der Waals surface area contributed by atoms with Gasteiger partial charge < -0.3 is 10.2 Å². The zero-order valence-corrected chi connectivity index (χ0v) is 11.9. The van der Waals surface area contributed by atoms with Gasteiger partial charge in [-0.25, -0.2) is 0 Å². The highest BCUT2D eigenvalue weighted by atomic mass is 16.3. The fourth-order valence-electron chi connectivity index (χ4n) is 4.68. The van der Waals surface area contributed by atoms with Crippen LogP contribution in [0.4, 0.5) is 0 Å². The van der Waals surface area contributed by atoms with Crippen molar-refractivity contribution in [2.24, 2.45) is 0 Å². The Kier molecular flexibility index (Phi) is 2.46. The van der Waals surface area contributed by atoms with Gasteiger partial charge in [0.05, 0.1) is 0 Å². The summed E-state index contributed by atoms with van der Waals surface area (Å²) < 4.78 is 0. The van der Waals surface area contributed by atoms with Crippen molar-refractivity contribution < 1.29 is 10.2 Å². The van der Waals surface area contributed by atoms with Gasteiger partial charge in [-0.1, -0.05) is 12.1 Å². The van der Waals surface area contributed by atoms with E-state index in [0.717, 1.165) is 37.8 Å². The van der Waals surface area contributed by atoms with Crippen LogP contribution in [0, 0.1) is 0 Å². The molecule has 1 fully saturated rings. The number of hydrogen-bond acceptors (Lipinski definition) is 3. The highest BCUT2D eigenvalue weighted by molar-refractivity contribution is 5.60. The molecule has 1 saturated heterocycles. The van der Waals surface area contributed by atoms with E-state index < -0.39 is 0 Å². The Morgan fingerprint density at radius 1 is 1.25 bits per heavy atom. The van der Waals surface area contributed by atoms with Gasteiger partial charge in [0.15, 0.2) is 11.5 Å². The Morgan fingerprint density at radius 2 is 2.10 bits per heavy atom. The van der Waals surface area contributed by atoms with Crippen LogP contribution in [0.15, 0.2) is 23.8 Å². The predicted molar refractivity (Wildman–Crippen MR) is 78.1 cm³/mol. The molecule has 1 aromatic carbocycles. The van der Waals surface area contributed by atoms with E-state index in [1.165, 1.54) is 17.6 Å². The maximum Gasteiger partial charge on any atom is 0.161 e. The van der Waals surface area contributed by atoms with Gasteiger partial charge in [-0.15, -0.1) is 0 Å². The highest BCUT2D eigenvalue weighted by Gasteiger charge is 2.50. The van der Waals surface area contributed by atoms with Gasteiger partial charge in [0, 0.05) is 17.0 Å². The molecular weight excluding hydrogens is 250 g/mol. The average molecular weight is 271 g/mol. The van der Waals surface area contributed by atoms with Crippen molar-refractivity contribution in [2.45, 2.75) is 43.6 Å². The van der Waals surface area contributed by atoms with E-state index in [-0.39, 0.29) is 16.9 Å². The van der Waals surface area contributed by atoms with E-state index in [1.807, 2.05) is 6.07 Å². The first kappa shape index (κ1) is 12.3. The number of likely N-dealkylation sites (N-methyl/N-ethyl adjacent to an activating group) is 1. The van der Waals surface area contributed by atoms with Gasteiger partial charge in [0.2, 0.25) is 0 Å². The molecule has 0 saturated carbocycles. The third-order valence-corrected chi connectivity index (χ3v) is 5.64. The minimum atomic E-state index is -0.0220. The summed E-state index contributed by atoms with van der Waals surface area (Å²) in [5.41, 5.74) is 3.71. The summed E-state index contributed by atoms with van der Waals surface area (Å²) in [7, 11) is 2.20. The summed E-state index contributed by atoms with van der Waals surface area (Å²) in [6, 6.07) is 4.11. The van der Waals surface area contributed by atoms with Crippen LogP contribution in [0.25, 0.3) is 0 Å². The van der Waals surface area contributed by atoms with Crippen molar-refractivity contribution in [2.75, 3.05) is 13.6 Å². The maximum absolute atomic E-state index is 10.5. The lowest BCUT2D eigenvalue weighted by molar-refractivity contribution is 0.152. The zero-order chi connectivity index (χ0) is 13.9. The number of piperidine rings is 1. The number of hydrogen-bond donors (Lipinski definition) is 2. The Balaban J connectivity index is 2.01. The first-order valence-electron chi connectivity index (χ1n) is 7.58. The summed E-state index contributed by atoms with van der Waals surface area (Å²) >= 11 is 0. The monoisotopic (exact) mass is 271 g/mol. The van der Waals surface area contributed by atoms with Crippen LogP contribution >= 0.6 is 0 Å². The van der Waals surface area contributed by atoms with Gasteiger partial charge in [-0.3, -0.25) is 4.90 Å². The third kappa shape index (κ3) is 1.39. The van der Waals surface area contributed by atoms with Gasteiger partial charge in [-0.05, 0) is 62.9 Å². The number of allylic oxidation sites excluding steroid dienone is 1. The molecule has 1 heterocycles. The molecule has 0 amide bonds. The molecule has 2 bridgehead atoms. The fourth-order valence-corrected chi connectivity index (χ4v) is 4.68. The molecule has 3 heteroatoms. The maximum atomic E-state index is 10.5. The molecule has 0 spiro atoms. The molecule has 0 unspecified atom stereocenters. The van der Waals surface area contributed by atoms with Crippen molar-refractivity contribution in [3.05, 3.63) is 34.9 Å². The smallest absolute Gasteiger partial charge is 0.161 e. The number of aromatic hydroxyl groups is 2. The van der Waals surface area contributed by atoms with Crippen molar-refractivity contribution in [3.63, 3.8) is 0 Å². The molecule has 3 nitrogen and oxygen atoms in total. The van der Waals surface area contributed by atoms with E-state index in [2.05, 4.69) is 18.0 Å². The second-order valence-corrected chi connectivity index (χ2v) is 6.55. The Hall–Kier alpha value is -1.48. The molecule has 2 N–H and O–H groups in total. The zero-order valence-electron chi connectivity index (χ0n) is 11.9. The van der Waals surface area contributed by atoms with E-state index in [0.29, 0.717) is 6.04 Å². The first-order valence-corrected chi connectivity index (χ1v) is 7.58. The molecule has 0 radical (unpaired) electrons. The molecule has 106 valence electrons. The van der Waals surface area contributed by atoms with Gasteiger partial charge >= 0.3 is 0 Å². The average Bonchev–Trinajstić information content (AvgIpc) is 2.46. The number of benzene rings is 1. The topological polar surface area (TPSA) is 43.7 Å². The van der Waals surface area contributed by atoms with Crippen LogP contribution in [-0.2, 0) is 11.8 Å². The Morgan fingerprint density at radius 3 is 2.95 bits per heavy atom. The number of nitrogens with zero attached hydrogens (tertiary/aromatic N) is 1. The summed E-state index contributed by atoms with van der Waals surface area (Å²) in [4.78, 5) is 2.45. The predicted octanol–water partition coefficient (Wildman–Crippen LogP) is 2.71. The van der Waals surface area contributed by atoms with Gasteiger partial charge in [0.25, 0.3) is 0 Å². The lowest BCUT2D eigenvalue weighted by Gasteiger charge is -2.54. The van der Waals surface area contributed by atoms with Crippen molar-refractivity contribution in [1.29, 1.82) is 0 Å². The lowest BCUT2D eigenvalue weighted by Crippen LogP contribution is -2.54. The summed E-state index contributed by atoms with van der Waals surface area (Å²) in [5, 5.41) is 20.4. The highest BCUT2D eigenvalue weighted by Crippen LogP contribution is 2.56. The van der Waals surface area contributed by atoms with Crippen LogP contribution in [-0.4, -0.2) is 34.7 Å². The van der Waals surface area contributed by atoms with E-state index in [4.69, 9.17) is 0 Å². The van der Waals surface area contributed by atoms with Crippen LogP contribution in [0.2, 0.25) is 0 Å². The van der Waals surface area contributed by atoms with Crippen LogP contribution in [0.1, 0.15) is 36.8 Å². The molecule has 3 aliphatic rings. The van der Waals surface area contributed by atoms with Crippen molar-refractivity contribution >= 4 is 0 Å². The van der Waals surface area contributed by atoms with Crippen molar-refractivity contribution in [3.8, 4) is 11.5 Å².